The van der Waals surface area contributed by atoms with E-state index in [9.17, 15) is 4.79 Å². The zero-order valence-corrected chi connectivity index (χ0v) is 8.74. The van der Waals surface area contributed by atoms with E-state index in [1.807, 2.05) is 6.92 Å². The van der Waals surface area contributed by atoms with Gasteiger partial charge in [0.05, 0.1) is 6.07 Å². The van der Waals surface area contributed by atoms with Gasteiger partial charge in [-0.3, -0.25) is 4.79 Å². The third-order valence-corrected chi connectivity index (χ3v) is 2.23. The maximum Gasteiger partial charge on any atom is 0.238 e. The van der Waals surface area contributed by atoms with E-state index in [1.165, 1.54) is 0 Å². The summed E-state index contributed by atoms with van der Waals surface area (Å²) in [4.78, 5) is 11.3. The molecule has 1 aromatic carbocycles. The molecule has 1 aromatic rings. The monoisotopic (exact) mass is 218 g/mol. The zero-order valence-electron chi connectivity index (χ0n) is 8.74. The Morgan fingerprint density at radius 1 is 1.50 bits per heavy atom. The average Bonchev–Trinajstić information content (AvgIpc) is 2.65. The molecule has 2 rings (SSSR count). The van der Waals surface area contributed by atoms with Crippen LogP contribution in [0.15, 0.2) is 12.1 Å². The maximum atomic E-state index is 11.3. The highest BCUT2D eigenvalue weighted by Crippen LogP contribution is 2.36. The van der Waals surface area contributed by atoms with Crippen LogP contribution in [-0.4, -0.2) is 12.7 Å². The molecular weight excluding hydrogens is 208 g/mol. The number of fused-ring (bicyclic) bond motifs is 1. The molecule has 0 aliphatic carbocycles. The number of amides is 1. The Balaban J connectivity index is 2.22. The van der Waals surface area contributed by atoms with Crippen LogP contribution < -0.4 is 14.8 Å². The number of rotatable bonds is 2. The molecule has 82 valence electrons. The Labute approximate surface area is 92.6 Å². The third kappa shape index (κ3) is 1.91. The van der Waals surface area contributed by atoms with Crippen LogP contribution in [-0.2, 0) is 4.79 Å². The molecule has 1 aliphatic heterocycles. The van der Waals surface area contributed by atoms with Crippen molar-refractivity contribution in [2.24, 2.45) is 0 Å². The van der Waals surface area contributed by atoms with E-state index in [0.29, 0.717) is 17.2 Å². The summed E-state index contributed by atoms with van der Waals surface area (Å²) in [6.45, 7) is 2.05. The van der Waals surface area contributed by atoms with E-state index in [-0.39, 0.29) is 19.1 Å². The van der Waals surface area contributed by atoms with Crippen molar-refractivity contribution in [3.05, 3.63) is 17.7 Å². The number of carbonyl (C=O) groups is 1. The second-order valence-corrected chi connectivity index (χ2v) is 3.40. The number of hydrogen-bond donors (Lipinski definition) is 1. The number of nitrogens with one attached hydrogen (secondary N) is 1. The minimum atomic E-state index is -0.329. The van der Waals surface area contributed by atoms with E-state index in [4.69, 9.17) is 14.7 Å². The molecule has 0 aromatic heterocycles. The lowest BCUT2D eigenvalue weighted by Crippen LogP contribution is -2.11. The van der Waals surface area contributed by atoms with Crippen LogP contribution in [0.5, 0.6) is 11.5 Å². The van der Waals surface area contributed by atoms with Gasteiger partial charge in [0.1, 0.15) is 6.42 Å². The zero-order chi connectivity index (χ0) is 11.5. The van der Waals surface area contributed by atoms with Crippen molar-refractivity contribution in [1.82, 2.24) is 0 Å². The lowest BCUT2D eigenvalue weighted by molar-refractivity contribution is -0.115. The van der Waals surface area contributed by atoms with Crippen molar-refractivity contribution >= 4 is 11.6 Å². The number of nitriles is 1. The molecule has 5 nitrogen and oxygen atoms in total. The van der Waals surface area contributed by atoms with Crippen molar-refractivity contribution in [3.8, 4) is 17.6 Å². The fourth-order valence-corrected chi connectivity index (χ4v) is 1.44. The van der Waals surface area contributed by atoms with Gasteiger partial charge in [0.2, 0.25) is 12.7 Å². The molecule has 0 atom stereocenters. The van der Waals surface area contributed by atoms with Crippen molar-refractivity contribution in [1.29, 1.82) is 5.26 Å². The summed E-state index contributed by atoms with van der Waals surface area (Å²) in [6, 6.07) is 5.29. The molecule has 0 saturated carbocycles. The lowest BCUT2D eigenvalue weighted by Gasteiger charge is -2.07. The first-order chi connectivity index (χ1) is 7.70. The SMILES string of the molecule is Cc1cc2c(cc1NC(=O)CC#N)OCO2. The summed E-state index contributed by atoms with van der Waals surface area (Å²) in [7, 11) is 0. The summed E-state index contributed by atoms with van der Waals surface area (Å²) < 4.78 is 10.4. The summed E-state index contributed by atoms with van der Waals surface area (Å²) in [5, 5.41) is 11.0. The largest absolute Gasteiger partial charge is 0.454 e. The van der Waals surface area contributed by atoms with Crippen LogP contribution in [0.2, 0.25) is 0 Å². The van der Waals surface area contributed by atoms with E-state index >= 15 is 0 Å². The number of nitrogens with zero attached hydrogens (tertiary/aromatic N) is 1. The van der Waals surface area contributed by atoms with E-state index in [1.54, 1.807) is 18.2 Å². The fourth-order valence-electron chi connectivity index (χ4n) is 1.44. The highest BCUT2D eigenvalue weighted by Gasteiger charge is 2.16. The Morgan fingerprint density at radius 3 is 2.88 bits per heavy atom. The standard InChI is InChI=1S/C11H10N2O3/c1-7-4-9-10(16-6-15-9)5-8(7)13-11(14)2-3-12/h4-5H,2,6H2,1H3,(H,13,14). The second kappa shape index (κ2) is 4.11. The van der Waals surface area contributed by atoms with E-state index < -0.39 is 0 Å². The predicted molar refractivity (Wildman–Crippen MR) is 56.2 cm³/mol. The van der Waals surface area contributed by atoms with Crippen LogP contribution in [0.4, 0.5) is 5.69 Å². The normalized spacial score (nSPS) is 12.0. The van der Waals surface area contributed by atoms with E-state index in [2.05, 4.69) is 5.32 Å². The van der Waals surface area contributed by atoms with Crippen LogP contribution in [0.1, 0.15) is 12.0 Å². The van der Waals surface area contributed by atoms with Gasteiger partial charge in [-0.25, -0.2) is 0 Å². The van der Waals surface area contributed by atoms with Gasteiger partial charge < -0.3 is 14.8 Å². The molecule has 1 amide bonds. The number of anilines is 1. The topological polar surface area (TPSA) is 71.4 Å². The van der Waals surface area contributed by atoms with Gasteiger partial charge in [-0.2, -0.15) is 5.26 Å². The molecule has 1 heterocycles. The van der Waals surface area contributed by atoms with Crippen molar-refractivity contribution in [3.63, 3.8) is 0 Å². The second-order valence-electron chi connectivity index (χ2n) is 3.40. The van der Waals surface area contributed by atoms with Gasteiger partial charge in [-0.05, 0) is 18.6 Å². The number of carbonyl (C=O) groups excluding carboxylic acids is 1. The van der Waals surface area contributed by atoms with Crippen molar-refractivity contribution in [2.45, 2.75) is 13.3 Å². The average molecular weight is 218 g/mol. The molecule has 0 radical (unpaired) electrons. The van der Waals surface area contributed by atoms with Crippen LogP contribution in [0, 0.1) is 18.3 Å². The summed E-state index contributed by atoms with van der Waals surface area (Å²) in [5.41, 5.74) is 1.51. The number of hydrogen-bond acceptors (Lipinski definition) is 4. The third-order valence-electron chi connectivity index (χ3n) is 2.23. The van der Waals surface area contributed by atoms with Crippen molar-refractivity contribution in [2.75, 3.05) is 12.1 Å². The van der Waals surface area contributed by atoms with Gasteiger partial charge in [0, 0.05) is 11.8 Å². The highest BCUT2D eigenvalue weighted by molar-refractivity contribution is 5.93. The minimum absolute atomic E-state index is 0.159. The van der Waals surface area contributed by atoms with Gasteiger partial charge in [-0.1, -0.05) is 0 Å². The number of aryl methyl sites for hydroxylation is 1. The summed E-state index contributed by atoms with van der Waals surface area (Å²) in [5.74, 6) is 0.957. The number of ether oxygens (including phenoxy) is 2. The Morgan fingerprint density at radius 2 is 2.19 bits per heavy atom. The molecule has 0 saturated heterocycles. The summed E-state index contributed by atoms with van der Waals surface area (Å²) in [6.07, 6.45) is -0.159. The quantitative estimate of drug-likeness (QED) is 0.817. The fraction of sp³-hybridized carbons (Fsp3) is 0.273. The lowest BCUT2D eigenvalue weighted by atomic mass is 10.1. The Kier molecular flexibility index (Phi) is 2.64. The van der Waals surface area contributed by atoms with Gasteiger partial charge in [0.15, 0.2) is 11.5 Å². The first kappa shape index (κ1) is 10.3. The molecule has 0 fully saturated rings. The minimum Gasteiger partial charge on any atom is -0.454 e. The van der Waals surface area contributed by atoms with Crippen molar-refractivity contribution < 1.29 is 14.3 Å². The summed E-state index contributed by atoms with van der Waals surface area (Å²) >= 11 is 0. The molecule has 16 heavy (non-hydrogen) atoms. The molecule has 1 N–H and O–H groups in total. The molecule has 0 unspecified atom stereocenters. The molecule has 0 bridgehead atoms. The Hall–Kier alpha value is -2.22. The Bertz CT molecular complexity index is 477. The molecule has 5 heteroatoms. The van der Waals surface area contributed by atoms with E-state index in [0.717, 1.165) is 5.56 Å². The predicted octanol–water partition coefficient (Wildman–Crippen LogP) is 1.58. The van der Waals surface area contributed by atoms with Gasteiger partial charge >= 0.3 is 0 Å². The smallest absolute Gasteiger partial charge is 0.238 e. The first-order valence-electron chi connectivity index (χ1n) is 4.78. The molecule has 1 aliphatic rings. The highest BCUT2D eigenvalue weighted by atomic mass is 16.7. The molecule has 0 spiro atoms. The first-order valence-corrected chi connectivity index (χ1v) is 4.78. The van der Waals surface area contributed by atoms with Gasteiger partial charge in [0.25, 0.3) is 0 Å². The maximum absolute atomic E-state index is 11.3. The number of benzene rings is 1. The van der Waals surface area contributed by atoms with Crippen LogP contribution >= 0.6 is 0 Å². The molecular formula is C11H10N2O3. The van der Waals surface area contributed by atoms with Gasteiger partial charge in [-0.15, -0.1) is 0 Å². The van der Waals surface area contributed by atoms with Crippen LogP contribution in [0.3, 0.4) is 0 Å². The van der Waals surface area contributed by atoms with Crippen LogP contribution in [0.25, 0.3) is 0 Å².